The van der Waals surface area contributed by atoms with Crippen molar-refractivity contribution in [1.29, 1.82) is 0 Å². The average molecular weight is 516 g/mol. The third kappa shape index (κ3) is 3.02. The molecule has 9 aromatic rings. The molecular weight excluding hydrogens is 494 g/mol. The van der Waals surface area contributed by atoms with Crippen LogP contribution in [0.5, 0.6) is 0 Å². The fraction of sp³-hybridized carbons (Fsp3) is 0. The first-order chi connectivity index (χ1) is 19.3. The van der Waals surface area contributed by atoms with E-state index in [2.05, 4.69) is 120 Å². The number of rotatable bonds is 2. The smallest absolute Gasteiger partial charge is 0.135 e. The molecule has 0 bridgehead atoms. The third-order valence-electron chi connectivity index (χ3n) is 8.01. The van der Waals surface area contributed by atoms with Gasteiger partial charge in [0.1, 0.15) is 11.2 Å². The fourth-order valence-corrected chi connectivity index (χ4v) is 7.30. The Hall–Kier alpha value is -4.86. The van der Waals surface area contributed by atoms with Gasteiger partial charge in [-0.1, -0.05) is 72.8 Å². The molecule has 0 spiro atoms. The lowest BCUT2D eigenvalue weighted by molar-refractivity contribution is 0.669. The monoisotopic (exact) mass is 515 g/mol. The predicted octanol–water partition coefficient (Wildman–Crippen LogP) is 10.7. The quantitative estimate of drug-likeness (QED) is 0.224. The van der Waals surface area contributed by atoms with E-state index in [1.165, 1.54) is 58.8 Å². The minimum Gasteiger partial charge on any atom is -0.456 e. The van der Waals surface area contributed by atoms with E-state index in [4.69, 9.17) is 4.42 Å². The van der Waals surface area contributed by atoms with Crippen LogP contribution in [-0.2, 0) is 0 Å². The molecule has 0 N–H and O–H groups in total. The first kappa shape index (κ1) is 21.1. The lowest BCUT2D eigenvalue weighted by Crippen LogP contribution is -1.93. The van der Waals surface area contributed by atoms with Crippen molar-refractivity contribution in [3.63, 3.8) is 0 Å². The van der Waals surface area contributed by atoms with Crippen molar-refractivity contribution in [3.05, 3.63) is 127 Å². The minimum absolute atomic E-state index is 0.925. The molecule has 0 radical (unpaired) electrons. The molecule has 3 heterocycles. The van der Waals surface area contributed by atoms with E-state index in [9.17, 15) is 0 Å². The Labute approximate surface area is 227 Å². The van der Waals surface area contributed by atoms with Crippen LogP contribution in [0.1, 0.15) is 0 Å². The number of fused-ring (bicyclic) bond motifs is 9. The zero-order valence-corrected chi connectivity index (χ0v) is 21.7. The molecule has 0 saturated heterocycles. The number of hydrogen-bond donors (Lipinski definition) is 0. The van der Waals surface area contributed by atoms with Crippen molar-refractivity contribution in [1.82, 2.24) is 4.57 Å². The van der Waals surface area contributed by atoms with E-state index in [1.807, 2.05) is 23.5 Å². The van der Waals surface area contributed by atoms with Crippen LogP contribution in [0.2, 0.25) is 0 Å². The van der Waals surface area contributed by atoms with E-state index in [-0.39, 0.29) is 0 Å². The molecular formula is C36H21NOS. The highest BCUT2D eigenvalue weighted by atomic mass is 32.1. The highest BCUT2D eigenvalue weighted by Gasteiger charge is 2.15. The van der Waals surface area contributed by atoms with Crippen LogP contribution in [0.25, 0.3) is 80.7 Å². The predicted molar refractivity (Wildman–Crippen MR) is 166 cm³/mol. The Bertz CT molecular complexity index is 2380. The van der Waals surface area contributed by atoms with Crippen molar-refractivity contribution >= 4 is 75.3 Å². The topological polar surface area (TPSA) is 18.1 Å². The van der Waals surface area contributed by atoms with Crippen LogP contribution in [0.4, 0.5) is 0 Å². The largest absolute Gasteiger partial charge is 0.456 e. The Morgan fingerprint density at radius 3 is 2.05 bits per heavy atom. The summed E-state index contributed by atoms with van der Waals surface area (Å²) in [5.41, 5.74) is 7.87. The van der Waals surface area contributed by atoms with Crippen LogP contribution in [0, 0.1) is 0 Å². The molecule has 0 atom stereocenters. The van der Waals surface area contributed by atoms with Gasteiger partial charge in [0.15, 0.2) is 0 Å². The Kier molecular flexibility index (Phi) is 4.24. The molecule has 0 fully saturated rings. The summed E-state index contributed by atoms with van der Waals surface area (Å²) in [5.74, 6) is 0. The molecule has 3 heteroatoms. The molecule has 0 saturated carbocycles. The van der Waals surface area contributed by atoms with E-state index < -0.39 is 0 Å². The van der Waals surface area contributed by atoms with Crippen molar-refractivity contribution in [3.8, 4) is 16.8 Å². The van der Waals surface area contributed by atoms with Gasteiger partial charge in [0.05, 0.1) is 11.0 Å². The van der Waals surface area contributed by atoms with Gasteiger partial charge in [-0.2, -0.15) is 0 Å². The van der Waals surface area contributed by atoms with Gasteiger partial charge < -0.3 is 8.98 Å². The molecule has 6 aromatic carbocycles. The zero-order valence-electron chi connectivity index (χ0n) is 20.9. The van der Waals surface area contributed by atoms with Crippen molar-refractivity contribution in [2.45, 2.75) is 0 Å². The Morgan fingerprint density at radius 2 is 1.15 bits per heavy atom. The molecule has 2 nitrogen and oxygen atoms in total. The van der Waals surface area contributed by atoms with Gasteiger partial charge in [-0.25, -0.2) is 0 Å². The molecule has 0 aliphatic heterocycles. The second-order valence-electron chi connectivity index (χ2n) is 10.2. The third-order valence-corrected chi connectivity index (χ3v) is 9.14. The van der Waals surface area contributed by atoms with E-state index >= 15 is 0 Å². The standard InChI is InChI=1S/C36H21NOS/c1-4-10-31-25(7-1)28-21-36-30(27-9-3-6-12-35(27)39-36)20-32(28)37(31)24-16-13-22(14-17-24)23-15-18-34-29(19-23)26-8-2-5-11-33(26)38-34/h1-21H. The summed E-state index contributed by atoms with van der Waals surface area (Å²) in [6.45, 7) is 0. The van der Waals surface area contributed by atoms with Crippen molar-refractivity contribution < 1.29 is 4.42 Å². The minimum atomic E-state index is 0.925. The summed E-state index contributed by atoms with van der Waals surface area (Å²) in [6.07, 6.45) is 0. The van der Waals surface area contributed by atoms with Crippen LogP contribution in [-0.4, -0.2) is 4.57 Å². The number of hydrogen-bond acceptors (Lipinski definition) is 2. The molecule has 0 unspecified atom stereocenters. The van der Waals surface area contributed by atoms with Gasteiger partial charge in [0.2, 0.25) is 0 Å². The Balaban J connectivity index is 1.24. The summed E-state index contributed by atoms with van der Waals surface area (Å²) in [5, 5.41) is 7.54. The van der Waals surface area contributed by atoms with Gasteiger partial charge in [-0.05, 0) is 65.7 Å². The van der Waals surface area contributed by atoms with E-state index in [0.29, 0.717) is 0 Å². The summed E-state index contributed by atoms with van der Waals surface area (Å²) in [4.78, 5) is 0. The van der Waals surface area contributed by atoms with Gasteiger partial charge >= 0.3 is 0 Å². The van der Waals surface area contributed by atoms with Gasteiger partial charge in [0.25, 0.3) is 0 Å². The maximum absolute atomic E-state index is 6.04. The van der Waals surface area contributed by atoms with E-state index in [0.717, 1.165) is 21.9 Å². The number of para-hydroxylation sites is 2. The lowest BCUT2D eigenvalue weighted by Gasteiger charge is -2.10. The molecule has 0 amide bonds. The summed E-state index contributed by atoms with van der Waals surface area (Å²) < 4.78 is 11.1. The number of furan rings is 1. The summed E-state index contributed by atoms with van der Waals surface area (Å²) >= 11 is 1.88. The first-order valence-corrected chi connectivity index (χ1v) is 14.0. The first-order valence-electron chi connectivity index (χ1n) is 13.2. The second-order valence-corrected chi connectivity index (χ2v) is 11.3. The molecule has 39 heavy (non-hydrogen) atoms. The van der Waals surface area contributed by atoms with Gasteiger partial charge in [-0.3, -0.25) is 0 Å². The maximum atomic E-state index is 6.04. The summed E-state index contributed by atoms with van der Waals surface area (Å²) in [6, 6.07) is 45.9. The number of thiophene rings is 1. The highest BCUT2D eigenvalue weighted by Crippen LogP contribution is 2.41. The van der Waals surface area contributed by atoms with Crippen LogP contribution in [0.15, 0.2) is 132 Å². The average Bonchev–Trinajstić information content (AvgIpc) is 3.65. The van der Waals surface area contributed by atoms with Crippen molar-refractivity contribution in [2.75, 3.05) is 0 Å². The zero-order chi connectivity index (χ0) is 25.5. The SMILES string of the molecule is c1ccc2c(c1)oc1ccc(-c3ccc(-n4c5ccccc5c5cc6sc7ccccc7c6cc54)cc3)cc12. The number of nitrogens with zero attached hydrogens (tertiary/aromatic N) is 1. The normalized spacial score (nSPS) is 12.1. The van der Waals surface area contributed by atoms with Gasteiger partial charge in [-0.15, -0.1) is 11.3 Å². The van der Waals surface area contributed by atoms with Crippen LogP contribution in [0.3, 0.4) is 0 Å². The van der Waals surface area contributed by atoms with Crippen LogP contribution < -0.4 is 0 Å². The second kappa shape index (κ2) is 7.83. The maximum Gasteiger partial charge on any atom is 0.135 e. The molecule has 3 aromatic heterocycles. The highest BCUT2D eigenvalue weighted by molar-refractivity contribution is 7.25. The fourth-order valence-electron chi connectivity index (χ4n) is 6.17. The number of aromatic nitrogens is 1. The lowest BCUT2D eigenvalue weighted by atomic mass is 10.0. The van der Waals surface area contributed by atoms with E-state index in [1.54, 1.807) is 0 Å². The van der Waals surface area contributed by atoms with Crippen LogP contribution >= 0.6 is 11.3 Å². The van der Waals surface area contributed by atoms with Gasteiger partial charge in [0, 0.05) is 47.4 Å². The van der Waals surface area contributed by atoms with Crippen molar-refractivity contribution in [2.24, 2.45) is 0 Å². The summed E-state index contributed by atoms with van der Waals surface area (Å²) in [7, 11) is 0. The molecule has 9 rings (SSSR count). The molecule has 0 aliphatic rings. The molecule has 182 valence electrons. The Morgan fingerprint density at radius 1 is 0.436 bits per heavy atom. The number of benzene rings is 6. The molecule has 0 aliphatic carbocycles.